The fourth-order valence-electron chi connectivity index (χ4n) is 4.24. The number of carboxylic acid groups (broad SMARTS) is 1. The molecule has 7 nitrogen and oxygen atoms in total. The molecule has 0 unspecified atom stereocenters. The number of nitrogens with one attached hydrogen (secondary N) is 2. The van der Waals surface area contributed by atoms with Crippen LogP contribution in [0.15, 0.2) is 48.7 Å². The first kappa shape index (κ1) is 21.7. The molecule has 0 saturated heterocycles. The van der Waals surface area contributed by atoms with E-state index in [4.69, 9.17) is 5.11 Å². The molecule has 2 heterocycles. The van der Waals surface area contributed by atoms with E-state index in [1.54, 1.807) is 12.1 Å². The van der Waals surface area contributed by atoms with Gasteiger partial charge in [0.05, 0.1) is 16.8 Å². The lowest BCUT2D eigenvalue weighted by Gasteiger charge is -2.28. The van der Waals surface area contributed by atoms with Crippen LogP contribution in [0.5, 0.6) is 0 Å². The highest BCUT2D eigenvalue weighted by Gasteiger charge is 2.22. The second kappa shape index (κ2) is 9.72. The van der Waals surface area contributed by atoms with Crippen LogP contribution >= 0.6 is 0 Å². The number of hydrogen-bond donors (Lipinski definition) is 3. The Hall–Kier alpha value is -3.55. The van der Waals surface area contributed by atoms with Crippen molar-refractivity contribution in [3.63, 3.8) is 0 Å². The van der Waals surface area contributed by atoms with Gasteiger partial charge < -0.3 is 15.7 Å². The van der Waals surface area contributed by atoms with Crippen LogP contribution in [-0.2, 0) is 0 Å². The first-order valence-electron chi connectivity index (χ1n) is 10.8. The number of para-hydroxylation sites is 1. The van der Waals surface area contributed by atoms with E-state index in [1.807, 2.05) is 24.3 Å². The summed E-state index contributed by atoms with van der Waals surface area (Å²) in [5, 5.41) is 15.0. The Morgan fingerprint density at radius 1 is 1.00 bits per heavy atom. The molecule has 3 N–H and O–H groups in total. The van der Waals surface area contributed by atoms with Crippen LogP contribution in [0, 0.1) is 17.8 Å². The van der Waals surface area contributed by atoms with Gasteiger partial charge in [-0.1, -0.05) is 18.2 Å². The second-order valence-corrected chi connectivity index (χ2v) is 8.22. The van der Waals surface area contributed by atoms with Crippen molar-refractivity contribution in [3.8, 4) is 11.3 Å². The number of pyridine rings is 2. The predicted molar refractivity (Wildman–Crippen MR) is 119 cm³/mol. The maximum absolute atomic E-state index is 13.2. The topological polar surface area (TPSA) is 104 Å². The summed E-state index contributed by atoms with van der Waals surface area (Å²) >= 11 is 0. The van der Waals surface area contributed by atoms with Gasteiger partial charge in [0.15, 0.2) is 0 Å². The zero-order chi connectivity index (χ0) is 22.5. The monoisotopic (exact) mass is 436 g/mol. The summed E-state index contributed by atoms with van der Waals surface area (Å²) in [5.74, 6) is -0.0153. The lowest BCUT2D eigenvalue weighted by Crippen LogP contribution is -2.34. The van der Waals surface area contributed by atoms with Crippen LogP contribution in [0.3, 0.4) is 0 Å². The highest BCUT2D eigenvalue weighted by atomic mass is 19.1. The van der Waals surface area contributed by atoms with E-state index in [2.05, 4.69) is 20.6 Å². The summed E-state index contributed by atoms with van der Waals surface area (Å²) in [7, 11) is 0. The highest BCUT2D eigenvalue weighted by molar-refractivity contribution is 6.07. The molecule has 2 amide bonds. The van der Waals surface area contributed by atoms with Crippen LogP contribution < -0.4 is 10.6 Å². The van der Waals surface area contributed by atoms with Gasteiger partial charge in [0.2, 0.25) is 5.95 Å². The maximum atomic E-state index is 13.2. The standard InChI is InChI=1S/C24H25FN4O3/c25-22-10-9-17(14-26-22)21-11-19(18-3-1-2-4-20(18)29-21)23(30)27-12-15-5-7-16(8-6-15)13-28-24(31)32/h1-4,9-11,14-16,28H,5-8,12-13H2,(H,27,30)(H,31,32). The van der Waals surface area contributed by atoms with Gasteiger partial charge in [0, 0.05) is 30.2 Å². The first-order valence-corrected chi connectivity index (χ1v) is 10.8. The molecule has 0 aliphatic heterocycles. The van der Waals surface area contributed by atoms with Gasteiger partial charge in [-0.05, 0) is 61.8 Å². The molecule has 1 aliphatic carbocycles. The molecule has 8 heteroatoms. The van der Waals surface area contributed by atoms with Gasteiger partial charge in [-0.2, -0.15) is 4.39 Å². The number of halogens is 1. The summed E-state index contributed by atoms with van der Waals surface area (Å²) in [6, 6.07) is 12.0. The van der Waals surface area contributed by atoms with E-state index in [0.717, 1.165) is 31.1 Å². The molecule has 0 bridgehead atoms. The molecule has 0 spiro atoms. The van der Waals surface area contributed by atoms with Crippen LogP contribution in [0.1, 0.15) is 36.0 Å². The highest BCUT2D eigenvalue weighted by Crippen LogP contribution is 2.28. The molecule has 1 fully saturated rings. The van der Waals surface area contributed by atoms with Crippen LogP contribution in [0.2, 0.25) is 0 Å². The molecule has 1 aromatic carbocycles. The van der Waals surface area contributed by atoms with Crippen LogP contribution in [-0.4, -0.2) is 40.2 Å². The van der Waals surface area contributed by atoms with E-state index in [9.17, 15) is 14.0 Å². The summed E-state index contributed by atoms with van der Waals surface area (Å²) in [6.07, 6.45) is 4.22. The second-order valence-electron chi connectivity index (χ2n) is 8.22. The predicted octanol–water partition coefficient (Wildman–Crippen LogP) is 4.24. The number of nitrogens with zero attached hydrogens (tertiary/aromatic N) is 2. The molecule has 0 radical (unpaired) electrons. The minimum Gasteiger partial charge on any atom is -0.465 e. The Balaban J connectivity index is 1.45. The van der Waals surface area contributed by atoms with E-state index in [1.165, 1.54) is 12.3 Å². The van der Waals surface area contributed by atoms with Crippen molar-refractivity contribution < 1.29 is 19.1 Å². The molecule has 32 heavy (non-hydrogen) atoms. The van der Waals surface area contributed by atoms with Gasteiger partial charge in [-0.15, -0.1) is 0 Å². The lowest BCUT2D eigenvalue weighted by atomic mass is 9.82. The third-order valence-electron chi connectivity index (χ3n) is 6.04. The quantitative estimate of drug-likeness (QED) is 0.502. The van der Waals surface area contributed by atoms with Crippen molar-refractivity contribution in [1.29, 1.82) is 0 Å². The summed E-state index contributed by atoms with van der Waals surface area (Å²) in [5.41, 5.74) is 2.41. The normalized spacial score (nSPS) is 18.3. The number of carbonyl (C=O) groups excluding carboxylic acids is 1. The molecule has 1 saturated carbocycles. The first-order chi connectivity index (χ1) is 15.5. The van der Waals surface area contributed by atoms with E-state index < -0.39 is 12.0 Å². The van der Waals surface area contributed by atoms with Gasteiger partial charge in [0.1, 0.15) is 0 Å². The van der Waals surface area contributed by atoms with Gasteiger partial charge in [-0.3, -0.25) is 4.79 Å². The van der Waals surface area contributed by atoms with Crippen molar-refractivity contribution in [2.24, 2.45) is 11.8 Å². The van der Waals surface area contributed by atoms with Crippen LogP contribution in [0.4, 0.5) is 9.18 Å². The number of aromatic nitrogens is 2. The zero-order valence-corrected chi connectivity index (χ0v) is 17.6. The molecular weight excluding hydrogens is 411 g/mol. The molecule has 166 valence electrons. The molecular formula is C24H25FN4O3. The minimum absolute atomic E-state index is 0.172. The summed E-state index contributed by atoms with van der Waals surface area (Å²) in [4.78, 5) is 32.1. The largest absolute Gasteiger partial charge is 0.465 e. The third kappa shape index (κ3) is 5.19. The van der Waals surface area contributed by atoms with E-state index in [0.29, 0.717) is 47.3 Å². The number of hydrogen-bond acceptors (Lipinski definition) is 4. The number of amides is 2. The van der Waals surface area contributed by atoms with Crippen molar-refractivity contribution in [3.05, 3.63) is 60.2 Å². The van der Waals surface area contributed by atoms with Gasteiger partial charge in [-0.25, -0.2) is 14.8 Å². The number of fused-ring (bicyclic) bond motifs is 1. The third-order valence-corrected chi connectivity index (χ3v) is 6.04. The Labute approximate surface area is 185 Å². The zero-order valence-electron chi connectivity index (χ0n) is 17.6. The Bertz CT molecular complexity index is 1110. The van der Waals surface area contributed by atoms with E-state index in [-0.39, 0.29) is 5.91 Å². The van der Waals surface area contributed by atoms with Crippen molar-refractivity contribution in [2.45, 2.75) is 25.7 Å². The average Bonchev–Trinajstić information content (AvgIpc) is 2.81. The Morgan fingerprint density at radius 3 is 2.34 bits per heavy atom. The average molecular weight is 436 g/mol. The molecule has 2 aromatic heterocycles. The fourth-order valence-corrected chi connectivity index (χ4v) is 4.24. The number of carbonyl (C=O) groups is 2. The van der Waals surface area contributed by atoms with Crippen molar-refractivity contribution >= 4 is 22.9 Å². The Morgan fingerprint density at radius 2 is 1.69 bits per heavy atom. The molecule has 3 aromatic rings. The van der Waals surface area contributed by atoms with Crippen molar-refractivity contribution in [1.82, 2.24) is 20.6 Å². The Kier molecular flexibility index (Phi) is 6.58. The van der Waals surface area contributed by atoms with Crippen LogP contribution in [0.25, 0.3) is 22.2 Å². The smallest absolute Gasteiger partial charge is 0.404 e. The molecule has 0 atom stereocenters. The molecule has 4 rings (SSSR count). The summed E-state index contributed by atoms with van der Waals surface area (Å²) < 4.78 is 13.2. The number of rotatable bonds is 6. The summed E-state index contributed by atoms with van der Waals surface area (Å²) in [6.45, 7) is 1.06. The van der Waals surface area contributed by atoms with E-state index >= 15 is 0 Å². The number of benzene rings is 1. The fraction of sp³-hybridized carbons (Fsp3) is 0.333. The van der Waals surface area contributed by atoms with Crippen molar-refractivity contribution in [2.75, 3.05) is 13.1 Å². The minimum atomic E-state index is -0.986. The van der Waals surface area contributed by atoms with Gasteiger partial charge >= 0.3 is 6.09 Å². The lowest BCUT2D eigenvalue weighted by molar-refractivity contribution is 0.0942. The molecule has 1 aliphatic rings. The van der Waals surface area contributed by atoms with Gasteiger partial charge in [0.25, 0.3) is 5.91 Å². The SMILES string of the molecule is O=C(O)NCC1CCC(CNC(=O)c2cc(-c3ccc(F)nc3)nc3ccccc23)CC1. The maximum Gasteiger partial charge on any atom is 0.404 e.